The zero-order valence-electron chi connectivity index (χ0n) is 33.2. The number of rotatable bonds is 13. The van der Waals surface area contributed by atoms with E-state index in [9.17, 15) is 20.4 Å². The Morgan fingerprint density at radius 3 is 2.64 bits per heavy atom. The Morgan fingerprint density at radius 1 is 0.983 bits per heavy atom. The van der Waals surface area contributed by atoms with Gasteiger partial charge in [0.2, 0.25) is 0 Å². The number of aliphatic hydroxyl groups is 2. The number of aliphatic hydroxyl groups excluding tert-OH is 2. The molecule has 0 saturated carbocycles. The quantitative estimate of drug-likeness (QED) is 0.0784. The topological polar surface area (TPSA) is 166 Å². The summed E-state index contributed by atoms with van der Waals surface area (Å²) in [6.45, 7) is 3.79. The van der Waals surface area contributed by atoms with E-state index in [4.69, 9.17) is 18.9 Å². The molecule has 6 unspecified atom stereocenters. The van der Waals surface area contributed by atoms with Gasteiger partial charge in [0.15, 0.2) is 17.6 Å². The number of phenols is 2. The van der Waals surface area contributed by atoms with Crippen LogP contribution in [0.1, 0.15) is 70.2 Å². The van der Waals surface area contributed by atoms with Crippen LogP contribution in [0, 0.1) is 0 Å². The van der Waals surface area contributed by atoms with Gasteiger partial charge in [-0.25, -0.2) is 0 Å². The molecule has 12 heteroatoms. The molecule has 0 bridgehead atoms. The monoisotopic (exact) mass is 788 g/mol. The molecule has 0 amide bonds. The van der Waals surface area contributed by atoms with Crippen LogP contribution < -0.4 is 40.7 Å². The van der Waals surface area contributed by atoms with Crippen molar-refractivity contribution >= 4 is 12.2 Å². The Hall–Kier alpha value is -4.95. The SMILES string of the molecule is CNCOC1(CNCNCC(C)O)Cc2c3c(c4c(c2OC1c1ccc(O)c(OC)c1)CCC(CO)O4)-c1ccc(O)c2c1C(C3)C(c1ccc3c(c1)=CCN=3)C=C2. The van der Waals surface area contributed by atoms with E-state index in [1.54, 1.807) is 19.1 Å². The maximum Gasteiger partial charge on any atom is 0.160 e. The number of methoxy groups -OCH3 is 1. The van der Waals surface area contributed by atoms with Gasteiger partial charge in [-0.1, -0.05) is 36.4 Å². The van der Waals surface area contributed by atoms with Gasteiger partial charge in [-0.2, -0.15) is 0 Å². The van der Waals surface area contributed by atoms with Gasteiger partial charge in [0, 0.05) is 54.4 Å². The molecule has 0 fully saturated rings. The molecule has 3 aliphatic heterocycles. The molecule has 9 rings (SSSR count). The van der Waals surface area contributed by atoms with Gasteiger partial charge in [0.1, 0.15) is 29.0 Å². The molecular formula is C46H52N4O8. The van der Waals surface area contributed by atoms with Gasteiger partial charge in [-0.15, -0.1) is 0 Å². The molecule has 4 aromatic rings. The third kappa shape index (κ3) is 6.61. The second kappa shape index (κ2) is 15.7. The van der Waals surface area contributed by atoms with Gasteiger partial charge in [-0.05, 0) is 103 Å². The lowest BCUT2D eigenvalue weighted by Gasteiger charge is -2.48. The third-order valence-corrected chi connectivity index (χ3v) is 12.5. The van der Waals surface area contributed by atoms with E-state index >= 15 is 0 Å². The number of benzene rings is 4. The smallest absolute Gasteiger partial charge is 0.160 e. The van der Waals surface area contributed by atoms with Crippen molar-refractivity contribution in [1.82, 2.24) is 16.0 Å². The second-order valence-corrected chi connectivity index (χ2v) is 16.2. The molecule has 7 N–H and O–H groups in total. The largest absolute Gasteiger partial charge is 0.507 e. The summed E-state index contributed by atoms with van der Waals surface area (Å²) >= 11 is 0. The number of fused-ring (bicyclic) bond motifs is 8. The molecule has 304 valence electrons. The predicted molar refractivity (Wildman–Crippen MR) is 220 cm³/mol. The normalized spacial score (nSPS) is 23.8. The minimum absolute atomic E-state index is 0.0140. The lowest BCUT2D eigenvalue weighted by atomic mass is 9.64. The van der Waals surface area contributed by atoms with Crippen molar-refractivity contribution in [2.24, 2.45) is 4.99 Å². The van der Waals surface area contributed by atoms with Crippen LogP contribution in [-0.2, 0) is 24.0 Å². The fraction of sp³-hybridized carbons (Fsp3) is 0.413. The Morgan fingerprint density at radius 2 is 1.83 bits per heavy atom. The first-order valence-corrected chi connectivity index (χ1v) is 20.3. The summed E-state index contributed by atoms with van der Waals surface area (Å²) < 4.78 is 26.7. The molecule has 0 radical (unpaired) electrons. The Labute approximate surface area is 337 Å². The average molecular weight is 789 g/mol. The van der Waals surface area contributed by atoms with Crippen LogP contribution in [0.3, 0.4) is 0 Å². The minimum Gasteiger partial charge on any atom is -0.507 e. The summed E-state index contributed by atoms with van der Waals surface area (Å²) in [4.78, 5) is 4.64. The molecule has 6 atom stereocenters. The Kier molecular flexibility index (Phi) is 10.4. The van der Waals surface area contributed by atoms with Crippen LogP contribution in [-0.4, -0.2) is 92.0 Å². The van der Waals surface area contributed by atoms with Gasteiger partial charge in [0.25, 0.3) is 0 Å². The first kappa shape index (κ1) is 38.6. The van der Waals surface area contributed by atoms with Crippen LogP contribution in [0.2, 0.25) is 0 Å². The lowest BCUT2D eigenvalue weighted by molar-refractivity contribution is -0.129. The van der Waals surface area contributed by atoms with E-state index in [1.807, 2.05) is 25.2 Å². The van der Waals surface area contributed by atoms with Crippen molar-refractivity contribution in [3.05, 3.63) is 104 Å². The molecule has 4 aromatic carbocycles. The standard InChI is InChI=1S/C46H52N4O8/c1-25(52)20-48-23-49-22-46(56-24-47-2)19-36-35-18-34-30(26-4-11-37-27(16-26)14-15-50-37)8-9-31-38(53)13-10-32(41(31)34)42(35)44-33(7-6-29(21-51)57-44)43(36)58-45(46)28-5-12-39(54)40(17-28)55-3/h4-5,8-14,16-17,25,29-30,34,45,47-49,51-54H,6-7,15,18-24H2,1-3H3. The van der Waals surface area contributed by atoms with Crippen molar-refractivity contribution < 1.29 is 39.4 Å². The van der Waals surface area contributed by atoms with E-state index in [1.165, 1.54) is 12.7 Å². The molecule has 0 aromatic heterocycles. The fourth-order valence-corrected chi connectivity index (χ4v) is 9.81. The summed E-state index contributed by atoms with van der Waals surface area (Å²) in [7, 11) is 3.38. The van der Waals surface area contributed by atoms with Gasteiger partial charge in [-0.3, -0.25) is 10.3 Å². The van der Waals surface area contributed by atoms with Crippen molar-refractivity contribution in [3.63, 3.8) is 0 Å². The zero-order chi connectivity index (χ0) is 40.1. The van der Waals surface area contributed by atoms with Gasteiger partial charge < -0.3 is 50.0 Å². The Balaban J connectivity index is 1.25. The molecule has 0 saturated heterocycles. The Bertz CT molecular complexity index is 2400. The van der Waals surface area contributed by atoms with E-state index in [0.717, 1.165) is 66.6 Å². The highest BCUT2D eigenvalue weighted by Crippen LogP contribution is 2.60. The van der Waals surface area contributed by atoms with E-state index in [-0.39, 0.29) is 42.8 Å². The number of phenolic OH excluding ortho intramolecular Hbond substituents is 2. The first-order valence-electron chi connectivity index (χ1n) is 20.3. The maximum absolute atomic E-state index is 11.3. The number of hydrogen-bond acceptors (Lipinski definition) is 12. The first-order chi connectivity index (χ1) is 28.2. The number of nitrogens with zero attached hydrogens (tertiary/aromatic N) is 1. The molecule has 3 heterocycles. The van der Waals surface area contributed by atoms with Gasteiger partial charge >= 0.3 is 0 Å². The number of nitrogens with one attached hydrogen (secondary N) is 3. The van der Waals surface area contributed by atoms with Crippen LogP contribution in [0.25, 0.3) is 23.3 Å². The number of aromatic hydroxyl groups is 2. The van der Waals surface area contributed by atoms with Crippen LogP contribution >= 0.6 is 0 Å². The summed E-state index contributed by atoms with van der Waals surface area (Å²) in [6, 6.07) is 15.6. The predicted octanol–water partition coefficient (Wildman–Crippen LogP) is 3.45. The lowest BCUT2D eigenvalue weighted by Crippen LogP contribution is -2.56. The summed E-state index contributed by atoms with van der Waals surface area (Å²) in [5.41, 5.74) is 8.02. The second-order valence-electron chi connectivity index (χ2n) is 16.2. The van der Waals surface area contributed by atoms with Crippen molar-refractivity contribution in [2.45, 2.75) is 68.4 Å². The van der Waals surface area contributed by atoms with Crippen LogP contribution in [0.5, 0.6) is 28.7 Å². The number of hydrogen-bond donors (Lipinski definition) is 7. The highest BCUT2D eigenvalue weighted by atomic mass is 16.6. The summed E-state index contributed by atoms with van der Waals surface area (Å²) in [5.74, 6) is 2.08. The van der Waals surface area contributed by atoms with Crippen molar-refractivity contribution in [3.8, 4) is 39.9 Å². The van der Waals surface area contributed by atoms with Gasteiger partial charge in [0.05, 0.1) is 38.5 Å². The number of ether oxygens (including phenoxy) is 4. The van der Waals surface area contributed by atoms with E-state index in [0.29, 0.717) is 57.7 Å². The van der Waals surface area contributed by atoms with Crippen molar-refractivity contribution in [2.75, 3.05) is 53.8 Å². The zero-order valence-corrected chi connectivity index (χ0v) is 33.2. The maximum atomic E-state index is 11.3. The minimum atomic E-state index is -0.971. The van der Waals surface area contributed by atoms with E-state index < -0.39 is 17.8 Å². The molecular weight excluding hydrogens is 737 g/mol. The summed E-state index contributed by atoms with van der Waals surface area (Å²) in [5, 5.41) is 54.5. The van der Waals surface area contributed by atoms with E-state index in [2.05, 4.69) is 57.4 Å². The molecule has 2 aliphatic carbocycles. The highest BCUT2D eigenvalue weighted by molar-refractivity contribution is 5.89. The average Bonchev–Trinajstić information content (AvgIpc) is 3.72. The van der Waals surface area contributed by atoms with Crippen LogP contribution in [0.15, 0.2) is 59.6 Å². The highest BCUT2D eigenvalue weighted by Gasteiger charge is 2.51. The molecule has 5 aliphatic rings. The summed E-state index contributed by atoms with van der Waals surface area (Å²) in [6.07, 6.45) is 7.31. The van der Waals surface area contributed by atoms with Crippen molar-refractivity contribution in [1.29, 1.82) is 0 Å². The molecule has 58 heavy (non-hydrogen) atoms. The third-order valence-electron chi connectivity index (χ3n) is 12.5. The van der Waals surface area contributed by atoms with Crippen LogP contribution in [0.4, 0.5) is 0 Å². The number of allylic oxidation sites excluding steroid dienone is 1. The molecule has 0 spiro atoms. The molecule has 12 nitrogen and oxygen atoms in total. The fourth-order valence-electron chi connectivity index (χ4n) is 9.81.